The normalized spacial score (nSPS) is 11.4. The van der Waals surface area contributed by atoms with Crippen molar-refractivity contribution in [2.75, 3.05) is 19.5 Å². The van der Waals surface area contributed by atoms with Crippen molar-refractivity contribution < 1.29 is 9.53 Å². The smallest absolute Gasteiger partial charge is 0.280 e. The molecule has 0 unspecified atom stereocenters. The summed E-state index contributed by atoms with van der Waals surface area (Å²) in [6.07, 6.45) is 4.45. The van der Waals surface area contributed by atoms with E-state index in [1.54, 1.807) is 31.4 Å². The number of amides is 1. The van der Waals surface area contributed by atoms with Gasteiger partial charge in [-0.15, -0.1) is 0 Å². The number of benzene rings is 1. The number of pyridine rings is 1. The molecule has 0 aliphatic rings. The van der Waals surface area contributed by atoms with Gasteiger partial charge in [-0.2, -0.15) is 5.10 Å². The van der Waals surface area contributed by atoms with Gasteiger partial charge in [-0.25, -0.2) is 5.84 Å². The van der Waals surface area contributed by atoms with E-state index < -0.39 is 11.5 Å². The predicted molar refractivity (Wildman–Crippen MR) is 102 cm³/mol. The molecule has 0 aliphatic carbocycles. The molecule has 2 heterocycles. The maximum atomic E-state index is 12.7. The Labute approximate surface area is 154 Å². The van der Waals surface area contributed by atoms with Gasteiger partial charge >= 0.3 is 0 Å². The van der Waals surface area contributed by atoms with Gasteiger partial charge in [-0.1, -0.05) is 0 Å². The second-order valence-electron chi connectivity index (χ2n) is 5.78. The van der Waals surface area contributed by atoms with E-state index in [9.17, 15) is 9.59 Å². The Hall–Kier alpha value is -3.79. The lowest BCUT2D eigenvalue weighted by atomic mass is 10.1. The maximum absolute atomic E-state index is 12.7. The van der Waals surface area contributed by atoms with E-state index in [0.717, 1.165) is 10.9 Å². The molecule has 0 radical (unpaired) electrons. The summed E-state index contributed by atoms with van der Waals surface area (Å²) in [6, 6.07) is 6.37. The molecule has 27 heavy (non-hydrogen) atoms. The molecular weight excluding hydrogens is 350 g/mol. The highest BCUT2D eigenvalue weighted by Crippen LogP contribution is 2.25. The third-order valence-electron chi connectivity index (χ3n) is 3.81. The molecular formula is C17H19N7O3. The number of methoxy groups -OCH3 is 1. The van der Waals surface area contributed by atoms with Crippen molar-refractivity contribution >= 4 is 28.3 Å². The standard InChI is InChI=1S/C17H19N7O3/c1-23(19)9-15(18)24-5-3-4-12(17(24)26)21-16(25)11-6-10-8-20-22-13(10)7-14(11)27-2/h3-9H,18-19H2,1-2H3,(H,20,22)(H,21,25)/b15-9+. The zero-order valence-corrected chi connectivity index (χ0v) is 14.8. The fraction of sp³-hybridized carbons (Fsp3) is 0.118. The molecule has 0 saturated carbocycles. The Balaban J connectivity index is 1.96. The Morgan fingerprint density at radius 1 is 1.44 bits per heavy atom. The molecule has 1 amide bonds. The van der Waals surface area contributed by atoms with Gasteiger partial charge in [0.1, 0.15) is 17.3 Å². The van der Waals surface area contributed by atoms with Gasteiger partial charge in [0.2, 0.25) is 0 Å². The third kappa shape index (κ3) is 3.60. The van der Waals surface area contributed by atoms with Crippen LogP contribution < -0.4 is 27.2 Å². The van der Waals surface area contributed by atoms with Crippen molar-refractivity contribution in [3.63, 3.8) is 0 Å². The van der Waals surface area contributed by atoms with Crippen LogP contribution >= 0.6 is 0 Å². The molecule has 0 bridgehead atoms. The summed E-state index contributed by atoms with van der Waals surface area (Å²) in [5, 5.41) is 11.3. The number of aromatic amines is 1. The summed E-state index contributed by atoms with van der Waals surface area (Å²) in [6.45, 7) is 0. The Morgan fingerprint density at radius 3 is 2.93 bits per heavy atom. The average Bonchev–Trinajstić information content (AvgIpc) is 3.09. The van der Waals surface area contributed by atoms with Crippen molar-refractivity contribution in [2.45, 2.75) is 0 Å². The van der Waals surface area contributed by atoms with Gasteiger partial charge < -0.3 is 20.8 Å². The molecule has 0 spiro atoms. The van der Waals surface area contributed by atoms with Crippen molar-refractivity contribution in [1.29, 1.82) is 0 Å². The third-order valence-corrected chi connectivity index (χ3v) is 3.81. The highest BCUT2D eigenvalue weighted by Gasteiger charge is 2.16. The zero-order chi connectivity index (χ0) is 19.6. The number of nitrogens with zero attached hydrogens (tertiary/aromatic N) is 3. The number of fused-ring (bicyclic) bond motifs is 1. The maximum Gasteiger partial charge on any atom is 0.280 e. The SMILES string of the molecule is COc1cc2[nH]ncc2cc1C(=O)Nc1cccn(/C(N)=C/N(C)N)c1=O. The van der Waals surface area contributed by atoms with Crippen molar-refractivity contribution in [3.8, 4) is 5.75 Å². The number of rotatable bonds is 5. The van der Waals surface area contributed by atoms with E-state index in [1.807, 2.05) is 0 Å². The molecule has 3 rings (SSSR count). The van der Waals surface area contributed by atoms with Crippen LogP contribution in [-0.4, -0.2) is 39.8 Å². The number of anilines is 1. The lowest BCUT2D eigenvalue weighted by Crippen LogP contribution is -2.29. The fourth-order valence-electron chi connectivity index (χ4n) is 2.57. The van der Waals surface area contributed by atoms with Crippen LogP contribution in [0.1, 0.15) is 10.4 Å². The molecule has 0 aliphatic heterocycles. The van der Waals surface area contributed by atoms with Crippen molar-refractivity contribution in [2.24, 2.45) is 11.6 Å². The Bertz CT molecular complexity index is 1080. The molecule has 10 nitrogen and oxygen atoms in total. The quantitative estimate of drug-likeness (QED) is 0.379. The Kier molecular flexibility index (Phi) is 4.81. The zero-order valence-electron chi connectivity index (χ0n) is 14.8. The van der Waals surface area contributed by atoms with E-state index >= 15 is 0 Å². The van der Waals surface area contributed by atoms with E-state index in [-0.39, 0.29) is 17.1 Å². The molecule has 1 aromatic carbocycles. The van der Waals surface area contributed by atoms with E-state index in [1.165, 1.54) is 35.1 Å². The minimum atomic E-state index is -0.497. The molecule has 0 atom stereocenters. The molecule has 0 fully saturated rings. The number of carbonyl (C=O) groups is 1. The summed E-state index contributed by atoms with van der Waals surface area (Å²) in [7, 11) is 3.03. The van der Waals surface area contributed by atoms with Crippen molar-refractivity contribution in [3.05, 3.63) is 58.8 Å². The van der Waals surface area contributed by atoms with Crippen LogP contribution in [0.2, 0.25) is 0 Å². The lowest BCUT2D eigenvalue weighted by molar-refractivity contribution is 0.102. The number of carbonyl (C=O) groups excluding carboxylic acids is 1. The topological polar surface area (TPSA) is 144 Å². The van der Waals surface area contributed by atoms with Gasteiger partial charge in [0.15, 0.2) is 0 Å². The van der Waals surface area contributed by atoms with Gasteiger partial charge in [0, 0.05) is 24.7 Å². The minimum absolute atomic E-state index is 0.0628. The second-order valence-corrected chi connectivity index (χ2v) is 5.78. The summed E-state index contributed by atoms with van der Waals surface area (Å²) < 4.78 is 6.45. The number of ether oxygens (including phenoxy) is 1. The highest BCUT2D eigenvalue weighted by molar-refractivity contribution is 6.08. The van der Waals surface area contributed by atoms with E-state index in [4.69, 9.17) is 16.3 Å². The summed E-state index contributed by atoms with van der Waals surface area (Å²) in [5.41, 5.74) is 6.43. The largest absolute Gasteiger partial charge is 0.496 e. The van der Waals surface area contributed by atoms with Crippen LogP contribution in [0.4, 0.5) is 5.69 Å². The van der Waals surface area contributed by atoms with Crippen LogP contribution in [0.25, 0.3) is 16.7 Å². The van der Waals surface area contributed by atoms with Crippen LogP contribution in [0.5, 0.6) is 5.75 Å². The average molecular weight is 369 g/mol. The highest BCUT2D eigenvalue weighted by atomic mass is 16.5. The number of H-pyrrole nitrogens is 1. The van der Waals surface area contributed by atoms with Crippen LogP contribution in [0.15, 0.2) is 47.7 Å². The number of hydrogen-bond donors (Lipinski definition) is 4. The number of hydrogen-bond acceptors (Lipinski definition) is 7. The molecule has 0 saturated heterocycles. The van der Waals surface area contributed by atoms with E-state index in [2.05, 4.69) is 15.5 Å². The van der Waals surface area contributed by atoms with Crippen LogP contribution in [0.3, 0.4) is 0 Å². The molecule has 3 aromatic rings. The molecule has 6 N–H and O–H groups in total. The summed E-state index contributed by atoms with van der Waals surface area (Å²) in [4.78, 5) is 25.3. The molecule has 140 valence electrons. The van der Waals surface area contributed by atoms with Gasteiger partial charge in [-0.05, 0) is 18.2 Å². The van der Waals surface area contributed by atoms with Gasteiger partial charge in [0.05, 0.1) is 30.6 Å². The first-order valence-electron chi connectivity index (χ1n) is 7.90. The first kappa shape index (κ1) is 18.0. The van der Waals surface area contributed by atoms with Gasteiger partial charge in [-0.3, -0.25) is 19.3 Å². The number of hydrazine groups is 1. The second kappa shape index (κ2) is 7.22. The van der Waals surface area contributed by atoms with Crippen molar-refractivity contribution in [1.82, 2.24) is 19.8 Å². The summed E-state index contributed by atoms with van der Waals surface area (Å²) in [5.74, 6) is 5.48. The van der Waals surface area contributed by atoms with Gasteiger partial charge in [0.25, 0.3) is 11.5 Å². The number of aromatic nitrogens is 3. The fourth-order valence-corrected chi connectivity index (χ4v) is 2.57. The number of nitrogens with one attached hydrogen (secondary N) is 2. The van der Waals surface area contributed by atoms with E-state index in [0.29, 0.717) is 5.75 Å². The Morgan fingerprint density at radius 2 is 2.22 bits per heavy atom. The first-order valence-corrected chi connectivity index (χ1v) is 7.90. The molecule has 10 heteroatoms. The first-order chi connectivity index (χ1) is 12.9. The lowest BCUT2D eigenvalue weighted by Gasteiger charge is -2.12. The summed E-state index contributed by atoms with van der Waals surface area (Å²) >= 11 is 0. The monoisotopic (exact) mass is 369 g/mol. The predicted octanol–water partition coefficient (Wildman–Crippen LogP) is 0.506. The van der Waals surface area contributed by atoms with Crippen LogP contribution in [-0.2, 0) is 0 Å². The number of nitrogens with two attached hydrogens (primary N) is 2. The molecule has 2 aromatic heterocycles. The minimum Gasteiger partial charge on any atom is -0.496 e. The van der Waals surface area contributed by atoms with Crippen LogP contribution in [0, 0.1) is 0 Å².